The number of aromatic nitrogens is 8. The first-order chi connectivity index (χ1) is 5.92. The molecule has 0 atom stereocenters. The molecule has 0 spiro atoms. The summed E-state index contributed by atoms with van der Waals surface area (Å²) < 4.78 is 1.43. The molecule has 0 unspecified atom stereocenters. The summed E-state index contributed by atoms with van der Waals surface area (Å²) in [5.41, 5.74) is 0. The first-order valence-electron chi connectivity index (χ1n) is 3.43. The van der Waals surface area contributed by atoms with Gasteiger partial charge in [-0.15, -0.1) is 10.2 Å². The number of tetrazole rings is 2. The lowest BCUT2D eigenvalue weighted by atomic mass is 10.5. The third-order valence-corrected chi connectivity index (χ3v) is 1.37. The minimum Gasteiger partial charge on any atom is -0.175 e. The van der Waals surface area contributed by atoms with Crippen molar-refractivity contribution in [1.29, 1.82) is 0 Å². The predicted molar refractivity (Wildman–Crippen MR) is 36.3 cm³/mol. The van der Waals surface area contributed by atoms with Crippen LogP contribution in [0.3, 0.4) is 0 Å². The zero-order valence-electron chi connectivity index (χ0n) is 6.34. The van der Waals surface area contributed by atoms with E-state index in [1.165, 1.54) is 4.68 Å². The van der Waals surface area contributed by atoms with Crippen LogP contribution in [0.1, 0.15) is 12.7 Å². The Balaban J connectivity index is 2.46. The molecule has 2 heterocycles. The largest absolute Gasteiger partial charge is 0.293 e. The lowest BCUT2D eigenvalue weighted by Crippen LogP contribution is -2.04. The number of nitrogens with one attached hydrogen (secondary N) is 1. The Kier molecular flexibility index (Phi) is 1.50. The summed E-state index contributed by atoms with van der Waals surface area (Å²) in [4.78, 5) is 0. The molecule has 0 saturated heterocycles. The zero-order chi connectivity index (χ0) is 8.39. The second-order valence-electron chi connectivity index (χ2n) is 2.07. The average molecular weight is 166 g/mol. The fraction of sp³-hybridized carbons (Fsp3) is 0.500. The Labute approximate surface area is 67.0 Å². The summed E-state index contributed by atoms with van der Waals surface area (Å²) in [6.45, 7) is 1.95. The van der Waals surface area contributed by atoms with Crippen LogP contribution in [0.15, 0.2) is 0 Å². The average Bonchev–Trinajstić information content (AvgIpc) is 2.74. The summed E-state index contributed by atoms with van der Waals surface area (Å²) in [5, 5.41) is 24.2. The van der Waals surface area contributed by atoms with Gasteiger partial charge >= 0.3 is 0 Å². The van der Waals surface area contributed by atoms with E-state index < -0.39 is 0 Å². The molecule has 0 aliphatic heterocycles. The third kappa shape index (κ3) is 0.929. The number of rotatable bonds is 2. The molecule has 2 rings (SSSR count). The van der Waals surface area contributed by atoms with Gasteiger partial charge in [0.05, 0.1) is 0 Å². The zero-order valence-corrected chi connectivity index (χ0v) is 6.34. The molecule has 0 aliphatic carbocycles. The van der Waals surface area contributed by atoms with Crippen LogP contribution in [0.4, 0.5) is 0 Å². The van der Waals surface area contributed by atoms with Crippen LogP contribution in [0, 0.1) is 0 Å². The van der Waals surface area contributed by atoms with Crippen LogP contribution in [-0.4, -0.2) is 40.8 Å². The van der Waals surface area contributed by atoms with Crippen LogP contribution >= 0.6 is 0 Å². The summed E-state index contributed by atoms with van der Waals surface area (Å²) in [6.07, 6.45) is 0.724. The Morgan fingerprint density at radius 2 is 2.33 bits per heavy atom. The van der Waals surface area contributed by atoms with Gasteiger partial charge in [0.2, 0.25) is 0 Å². The highest BCUT2D eigenvalue weighted by molar-refractivity contribution is 5.04. The minimum atomic E-state index is 0.358. The van der Waals surface area contributed by atoms with Crippen molar-refractivity contribution in [2.24, 2.45) is 0 Å². The van der Waals surface area contributed by atoms with Crippen molar-refractivity contribution in [3.8, 4) is 5.95 Å². The lowest BCUT2D eigenvalue weighted by molar-refractivity contribution is 0.725. The molecule has 2 aromatic heterocycles. The van der Waals surface area contributed by atoms with Crippen molar-refractivity contribution >= 4 is 0 Å². The standard InChI is InChI=1S/C4H6N8/c1-2-3-5-10-11-12(3)4-6-8-9-7-4/h2H2,1H3,(H,6,7,8,9). The van der Waals surface area contributed by atoms with E-state index in [1.807, 2.05) is 6.92 Å². The second kappa shape index (κ2) is 2.64. The second-order valence-corrected chi connectivity index (χ2v) is 2.07. The molecule has 62 valence electrons. The van der Waals surface area contributed by atoms with Crippen molar-refractivity contribution in [1.82, 2.24) is 40.8 Å². The molecule has 0 saturated carbocycles. The Morgan fingerprint density at radius 3 is 3.00 bits per heavy atom. The summed E-state index contributed by atoms with van der Waals surface area (Å²) in [6, 6.07) is 0. The van der Waals surface area contributed by atoms with E-state index in [-0.39, 0.29) is 0 Å². The predicted octanol–water partition coefficient (Wildman–Crippen LogP) is -1.26. The molecule has 8 heteroatoms. The highest BCUT2D eigenvalue weighted by atomic mass is 15.6. The van der Waals surface area contributed by atoms with Gasteiger partial charge in [-0.1, -0.05) is 12.0 Å². The molecule has 2 aromatic rings. The van der Waals surface area contributed by atoms with E-state index in [0.717, 1.165) is 6.42 Å². The molecule has 0 amide bonds. The first kappa shape index (κ1) is 6.83. The summed E-state index contributed by atoms with van der Waals surface area (Å²) in [5.74, 6) is 1.06. The van der Waals surface area contributed by atoms with E-state index in [0.29, 0.717) is 11.8 Å². The number of aromatic amines is 1. The van der Waals surface area contributed by atoms with Gasteiger partial charge in [-0.2, -0.15) is 9.90 Å². The molecule has 12 heavy (non-hydrogen) atoms. The van der Waals surface area contributed by atoms with E-state index in [2.05, 4.69) is 36.1 Å². The molecule has 8 nitrogen and oxygen atoms in total. The molecular formula is C4H6N8. The maximum atomic E-state index is 3.77. The molecule has 0 radical (unpaired) electrons. The van der Waals surface area contributed by atoms with Gasteiger partial charge in [0.1, 0.15) is 0 Å². The van der Waals surface area contributed by atoms with Crippen LogP contribution in [-0.2, 0) is 6.42 Å². The quantitative estimate of drug-likeness (QED) is 0.597. The van der Waals surface area contributed by atoms with Crippen LogP contribution in [0.5, 0.6) is 0 Å². The van der Waals surface area contributed by atoms with Crippen LogP contribution in [0.25, 0.3) is 5.95 Å². The third-order valence-electron chi connectivity index (χ3n) is 1.37. The van der Waals surface area contributed by atoms with Crippen molar-refractivity contribution in [3.63, 3.8) is 0 Å². The SMILES string of the molecule is CCc1nnnn1-c1nn[nH]n1. The molecular weight excluding hydrogens is 160 g/mol. The number of nitrogens with zero attached hydrogens (tertiary/aromatic N) is 7. The van der Waals surface area contributed by atoms with Crippen LogP contribution in [0.2, 0.25) is 0 Å². The van der Waals surface area contributed by atoms with Crippen molar-refractivity contribution in [2.75, 3.05) is 0 Å². The smallest absolute Gasteiger partial charge is 0.175 e. The van der Waals surface area contributed by atoms with Gasteiger partial charge in [0.25, 0.3) is 5.95 Å². The first-order valence-corrected chi connectivity index (χ1v) is 3.43. The van der Waals surface area contributed by atoms with E-state index in [4.69, 9.17) is 0 Å². The maximum absolute atomic E-state index is 3.77. The summed E-state index contributed by atoms with van der Waals surface area (Å²) in [7, 11) is 0. The topological polar surface area (TPSA) is 98.1 Å². The fourth-order valence-electron chi connectivity index (χ4n) is 0.828. The van der Waals surface area contributed by atoms with Gasteiger partial charge in [0.15, 0.2) is 5.82 Å². The van der Waals surface area contributed by atoms with Crippen LogP contribution < -0.4 is 0 Å². The van der Waals surface area contributed by atoms with Crippen molar-refractivity contribution < 1.29 is 0 Å². The number of H-pyrrole nitrogens is 1. The maximum Gasteiger partial charge on any atom is 0.293 e. The van der Waals surface area contributed by atoms with Gasteiger partial charge in [0, 0.05) is 6.42 Å². The van der Waals surface area contributed by atoms with Gasteiger partial charge in [-0.05, 0) is 15.6 Å². The monoisotopic (exact) mass is 166 g/mol. The minimum absolute atomic E-state index is 0.358. The van der Waals surface area contributed by atoms with Gasteiger partial charge in [-0.3, -0.25) is 0 Å². The van der Waals surface area contributed by atoms with E-state index >= 15 is 0 Å². The van der Waals surface area contributed by atoms with Crippen molar-refractivity contribution in [2.45, 2.75) is 13.3 Å². The molecule has 0 bridgehead atoms. The molecule has 0 aliphatic rings. The number of hydrogen-bond acceptors (Lipinski definition) is 6. The Bertz CT molecular complexity index is 347. The summed E-state index contributed by atoms with van der Waals surface area (Å²) >= 11 is 0. The van der Waals surface area contributed by atoms with Gasteiger partial charge < -0.3 is 0 Å². The van der Waals surface area contributed by atoms with Gasteiger partial charge in [-0.25, -0.2) is 0 Å². The Morgan fingerprint density at radius 1 is 1.42 bits per heavy atom. The normalized spacial score (nSPS) is 10.4. The van der Waals surface area contributed by atoms with E-state index in [1.54, 1.807) is 0 Å². The lowest BCUT2D eigenvalue weighted by Gasteiger charge is -1.92. The molecule has 0 aromatic carbocycles. The number of aryl methyl sites for hydroxylation is 1. The highest BCUT2D eigenvalue weighted by Gasteiger charge is 2.08. The Hall–Kier alpha value is -1.86. The van der Waals surface area contributed by atoms with E-state index in [9.17, 15) is 0 Å². The molecule has 0 fully saturated rings. The number of hydrogen-bond donors (Lipinski definition) is 1. The highest BCUT2D eigenvalue weighted by Crippen LogP contribution is 1.97. The fourth-order valence-corrected chi connectivity index (χ4v) is 0.828. The van der Waals surface area contributed by atoms with Crippen molar-refractivity contribution in [3.05, 3.63) is 5.82 Å². The molecule has 1 N–H and O–H groups in total.